The Balaban J connectivity index is 3.34. The lowest BCUT2D eigenvalue weighted by Gasteiger charge is -1.84. The number of aromatic amines is 1. The van der Waals surface area contributed by atoms with Gasteiger partial charge in [0, 0.05) is 6.20 Å². The van der Waals surface area contributed by atoms with Crippen LogP contribution in [-0.2, 0) is 0 Å². The Labute approximate surface area is 46.8 Å². The van der Waals surface area contributed by atoms with Gasteiger partial charge < -0.3 is 5.73 Å². The van der Waals surface area contributed by atoms with Gasteiger partial charge in [0.05, 0.1) is 1.37 Å². The van der Waals surface area contributed by atoms with Crippen molar-refractivity contribution in [1.29, 1.82) is 0 Å². The Morgan fingerprint density at radius 1 is 2.00 bits per heavy atom. The number of aromatic nitrogens is 2. The first-order valence-electron chi connectivity index (χ1n) is 2.51. The average molecular weight is 113 g/mol. The fraction of sp³-hybridized carbons (Fsp3) is 0. The highest BCUT2D eigenvalue weighted by atomic mass is 16.1. The molecule has 0 saturated heterocycles. The Kier molecular flexibility index (Phi) is 0.754. The SMILES string of the molecule is [3H]c1cnc(=O)[nH]c1N. The monoisotopic (exact) mass is 113 g/mol. The molecule has 0 amide bonds. The fourth-order valence-electron chi connectivity index (χ4n) is 0.344. The molecule has 0 spiro atoms. The number of anilines is 1. The maximum absolute atomic E-state index is 10.3. The van der Waals surface area contributed by atoms with Crippen molar-refractivity contribution in [3.8, 4) is 0 Å². The molecule has 0 fully saturated rings. The van der Waals surface area contributed by atoms with E-state index in [0.29, 0.717) is 0 Å². The smallest absolute Gasteiger partial charge is 0.346 e. The Morgan fingerprint density at radius 3 is 3.25 bits per heavy atom. The molecule has 42 valence electrons. The number of hydrogen-bond donors (Lipinski definition) is 2. The van der Waals surface area contributed by atoms with E-state index in [0.717, 1.165) is 6.20 Å². The van der Waals surface area contributed by atoms with E-state index in [4.69, 9.17) is 7.10 Å². The number of rotatable bonds is 0. The van der Waals surface area contributed by atoms with E-state index in [-0.39, 0.29) is 11.9 Å². The van der Waals surface area contributed by atoms with Gasteiger partial charge in [-0.25, -0.2) is 9.78 Å². The van der Waals surface area contributed by atoms with Crippen molar-refractivity contribution in [3.63, 3.8) is 0 Å². The lowest BCUT2D eigenvalue weighted by atomic mass is 10.6. The van der Waals surface area contributed by atoms with Crippen molar-refractivity contribution in [3.05, 3.63) is 22.7 Å². The minimum Gasteiger partial charge on any atom is -0.385 e. The van der Waals surface area contributed by atoms with Crippen molar-refractivity contribution < 1.29 is 1.37 Å². The fourth-order valence-corrected chi connectivity index (χ4v) is 0.344. The van der Waals surface area contributed by atoms with Gasteiger partial charge >= 0.3 is 5.69 Å². The van der Waals surface area contributed by atoms with E-state index >= 15 is 0 Å². The van der Waals surface area contributed by atoms with Crippen LogP contribution in [0.5, 0.6) is 0 Å². The summed E-state index contributed by atoms with van der Waals surface area (Å²) in [6, 6.07) is 0.0367. The van der Waals surface area contributed by atoms with Crippen LogP contribution in [-0.4, -0.2) is 9.97 Å². The average Bonchev–Trinajstić information content (AvgIpc) is 1.80. The van der Waals surface area contributed by atoms with E-state index in [1.54, 1.807) is 0 Å². The van der Waals surface area contributed by atoms with Crippen LogP contribution in [0.4, 0.5) is 5.82 Å². The van der Waals surface area contributed by atoms with E-state index in [9.17, 15) is 4.79 Å². The summed E-state index contributed by atoms with van der Waals surface area (Å²) in [7, 11) is 0. The lowest BCUT2D eigenvalue weighted by Crippen LogP contribution is -2.10. The lowest BCUT2D eigenvalue weighted by molar-refractivity contribution is 1.08. The first kappa shape index (κ1) is 3.65. The molecule has 1 aromatic heterocycles. The molecular weight excluding hydrogens is 106 g/mol. The third-order valence-electron chi connectivity index (χ3n) is 0.643. The van der Waals surface area contributed by atoms with E-state index in [1.165, 1.54) is 0 Å². The summed E-state index contributed by atoms with van der Waals surface area (Å²) in [5.41, 5.74) is 4.61. The minimum absolute atomic E-state index is 0.0367. The summed E-state index contributed by atoms with van der Waals surface area (Å²) in [5.74, 6) is 0.0509. The highest BCUT2D eigenvalue weighted by Crippen LogP contribution is 1.82. The van der Waals surface area contributed by atoms with Gasteiger partial charge in [0.2, 0.25) is 0 Å². The van der Waals surface area contributed by atoms with Crippen molar-refractivity contribution >= 4 is 5.82 Å². The molecule has 3 N–H and O–H groups in total. The van der Waals surface area contributed by atoms with Crippen LogP contribution in [0, 0.1) is 0 Å². The maximum atomic E-state index is 10.3. The van der Waals surface area contributed by atoms with Crippen LogP contribution in [0.3, 0.4) is 0 Å². The first-order valence-corrected chi connectivity index (χ1v) is 2.01. The number of hydrogen-bond acceptors (Lipinski definition) is 3. The largest absolute Gasteiger partial charge is 0.385 e. The van der Waals surface area contributed by atoms with E-state index in [2.05, 4.69) is 9.97 Å². The number of H-pyrrole nitrogens is 1. The second-order valence-corrected chi connectivity index (χ2v) is 1.25. The molecule has 0 saturated carbocycles. The zero-order valence-corrected chi connectivity index (χ0v) is 4.01. The zero-order chi connectivity index (χ0) is 6.85. The van der Waals surface area contributed by atoms with E-state index < -0.39 is 5.69 Å². The second-order valence-electron chi connectivity index (χ2n) is 1.25. The van der Waals surface area contributed by atoms with Gasteiger partial charge in [-0.05, 0) is 6.04 Å². The number of nitrogens with one attached hydrogen (secondary N) is 1. The van der Waals surface area contributed by atoms with Gasteiger partial charge in [-0.2, -0.15) is 0 Å². The summed E-state index contributed by atoms with van der Waals surface area (Å²) in [6.45, 7) is 0. The predicted molar refractivity (Wildman–Crippen MR) is 29.3 cm³/mol. The topological polar surface area (TPSA) is 71.8 Å². The van der Waals surface area contributed by atoms with Crippen LogP contribution in [0.2, 0.25) is 0 Å². The molecule has 1 rings (SSSR count). The highest BCUT2D eigenvalue weighted by Gasteiger charge is 1.80. The molecule has 0 aromatic carbocycles. The molecule has 0 radical (unpaired) electrons. The summed E-state index contributed by atoms with van der Waals surface area (Å²) in [5, 5.41) is 0. The molecular formula is C4H5N3O. The van der Waals surface area contributed by atoms with Gasteiger partial charge in [0.15, 0.2) is 0 Å². The number of nitrogens with zero attached hydrogens (tertiary/aromatic N) is 1. The van der Waals surface area contributed by atoms with Crippen molar-refractivity contribution in [2.24, 2.45) is 0 Å². The second kappa shape index (κ2) is 1.65. The Bertz CT molecular complexity index is 269. The molecule has 0 bridgehead atoms. The Morgan fingerprint density at radius 2 is 2.75 bits per heavy atom. The molecule has 1 aromatic rings. The molecule has 0 atom stereocenters. The Hall–Kier alpha value is -1.32. The first-order chi connectivity index (χ1) is 4.20. The van der Waals surface area contributed by atoms with Crippen molar-refractivity contribution in [1.82, 2.24) is 9.97 Å². The molecule has 0 aliphatic carbocycles. The molecule has 1 heterocycles. The summed E-state index contributed by atoms with van der Waals surface area (Å²) >= 11 is 0. The predicted octanol–water partition coefficient (Wildman–Crippen LogP) is -0.648. The summed E-state index contributed by atoms with van der Waals surface area (Å²) in [6.07, 6.45) is 1.11. The van der Waals surface area contributed by atoms with Crippen molar-refractivity contribution in [2.75, 3.05) is 5.73 Å². The van der Waals surface area contributed by atoms with Crippen LogP contribution >= 0.6 is 0 Å². The summed E-state index contributed by atoms with van der Waals surface area (Å²) < 4.78 is 6.96. The van der Waals surface area contributed by atoms with Crippen LogP contribution < -0.4 is 11.4 Å². The molecule has 4 nitrogen and oxygen atoms in total. The normalized spacial score (nSPS) is 10.8. The summed E-state index contributed by atoms with van der Waals surface area (Å²) in [4.78, 5) is 15.7. The quantitative estimate of drug-likeness (QED) is 0.469. The number of nitrogen functional groups attached to an aromatic ring is 1. The van der Waals surface area contributed by atoms with E-state index in [1.807, 2.05) is 0 Å². The standard InChI is InChI=1S/C4H5N3O/c5-3-1-2-6-4(8)7-3/h1-2H,(H3,5,6,7,8)/i1T. The third-order valence-corrected chi connectivity index (χ3v) is 0.643. The van der Waals surface area contributed by atoms with Crippen LogP contribution in [0.15, 0.2) is 17.0 Å². The minimum atomic E-state index is -0.525. The maximum Gasteiger partial charge on any atom is 0.346 e. The van der Waals surface area contributed by atoms with Crippen LogP contribution in [0.1, 0.15) is 1.37 Å². The van der Waals surface area contributed by atoms with Gasteiger partial charge in [-0.15, -0.1) is 0 Å². The molecule has 0 aliphatic heterocycles. The van der Waals surface area contributed by atoms with Gasteiger partial charge in [-0.3, -0.25) is 4.98 Å². The molecule has 0 unspecified atom stereocenters. The third kappa shape index (κ3) is 0.841. The highest BCUT2D eigenvalue weighted by molar-refractivity contribution is 5.22. The molecule has 0 aliphatic rings. The van der Waals surface area contributed by atoms with Gasteiger partial charge in [0.1, 0.15) is 5.82 Å². The van der Waals surface area contributed by atoms with Crippen LogP contribution in [0.25, 0.3) is 0 Å². The van der Waals surface area contributed by atoms with Gasteiger partial charge in [-0.1, -0.05) is 0 Å². The number of nitrogens with two attached hydrogens (primary N) is 1. The zero-order valence-electron chi connectivity index (χ0n) is 5.01. The molecule has 8 heavy (non-hydrogen) atoms. The van der Waals surface area contributed by atoms with Gasteiger partial charge in [0.25, 0.3) is 0 Å². The van der Waals surface area contributed by atoms with Crippen molar-refractivity contribution in [2.45, 2.75) is 0 Å². The molecule has 4 heteroatoms.